The molecule has 0 amide bonds. The average molecular weight is 315 g/mol. The van der Waals surface area contributed by atoms with E-state index in [2.05, 4.69) is 0 Å². The van der Waals surface area contributed by atoms with Gasteiger partial charge >= 0.3 is 5.51 Å². The molecule has 2 unspecified atom stereocenters. The van der Waals surface area contributed by atoms with Crippen LogP contribution in [-0.4, -0.2) is 19.3 Å². The quantitative estimate of drug-likeness (QED) is 0.784. The first kappa shape index (κ1) is 16.3. The van der Waals surface area contributed by atoms with Crippen LogP contribution in [-0.2, 0) is 9.84 Å². The molecule has 2 nitrogen and oxygen atoms in total. The second kappa shape index (κ2) is 5.71. The molecule has 2 atom stereocenters. The van der Waals surface area contributed by atoms with E-state index in [0.717, 1.165) is 6.07 Å². The molecule has 1 aromatic carbocycles. The minimum atomic E-state index is -5.35. The van der Waals surface area contributed by atoms with Crippen molar-refractivity contribution in [3.8, 4) is 0 Å². The van der Waals surface area contributed by atoms with Gasteiger partial charge in [0.25, 0.3) is 9.84 Å². The summed E-state index contributed by atoms with van der Waals surface area (Å²) in [4.78, 5) is -0.714. The zero-order valence-corrected chi connectivity index (χ0v) is 12.0. The standard InChI is InChI=1S/C12H14ClF3O2S/c1-3-10(13)8(2)9-6-4-5-7-11(9)19(17,18)12(14,15)16/h4-8,10H,3H2,1-2H3. The van der Waals surface area contributed by atoms with Crippen molar-refractivity contribution >= 4 is 21.4 Å². The van der Waals surface area contributed by atoms with E-state index in [1.165, 1.54) is 18.2 Å². The maximum Gasteiger partial charge on any atom is 0.501 e. The van der Waals surface area contributed by atoms with Crippen LogP contribution in [0.4, 0.5) is 13.2 Å². The van der Waals surface area contributed by atoms with Gasteiger partial charge in [-0.1, -0.05) is 32.0 Å². The van der Waals surface area contributed by atoms with Crippen LogP contribution in [0.1, 0.15) is 31.7 Å². The Morgan fingerprint density at radius 2 is 1.79 bits per heavy atom. The van der Waals surface area contributed by atoms with Crippen LogP contribution >= 0.6 is 11.6 Å². The summed E-state index contributed by atoms with van der Waals surface area (Å²) in [5, 5.41) is -0.426. The summed E-state index contributed by atoms with van der Waals surface area (Å²) in [6.07, 6.45) is 0.531. The number of hydrogen-bond acceptors (Lipinski definition) is 2. The highest BCUT2D eigenvalue weighted by Crippen LogP contribution is 2.36. The Kier molecular flexibility index (Phi) is 4.90. The van der Waals surface area contributed by atoms with E-state index in [1.807, 2.05) is 0 Å². The molecular formula is C12H14ClF3O2S. The second-order valence-corrected chi connectivity index (χ2v) is 6.67. The molecule has 0 aliphatic carbocycles. The molecule has 1 rings (SSSR count). The summed E-state index contributed by atoms with van der Waals surface area (Å²) >= 11 is 6.01. The molecule has 0 aromatic heterocycles. The van der Waals surface area contributed by atoms with Gasteiger partial charge in [0.2, 0.25) is 0 Å². The Hall–Kier alpha value is -0.750. The first-order valence-corrected chi connectivity index (χ1v) is 7.59. The molecule has 0 saturated carbocycles. The van der Waals surface area contributed by atoms with E-state index in [9.17, 15) is 21.6 Å². The average Bonchev–Trinajstić information content (AvgIpc) is 2.35. The number of hydrogen-bond donors (Lipinski definition) is 0. The molecule has 0 aliphatic heterocycles. The van der Waals surface area contributed by atoms with Gasteiger partial charge < -0.3 is 0 Å². The smallest absolute Gasteiger partial charge is 0.214 e. The molecule has 19 heavy (non-hydrogen) atoms. The largest absolute Gasteiger partial charge is 0.501 e. The molecule has 0 radical (unpaired) electrons. The summed E-state index contributed by atoms with van der Waals surface area (Å²) in [6.45, 7) is 3.40. The number of sulfone groups is 1. The number of halogens is 4. The van der Waals surface area contributed by atoms with Crippen LogP contribution in [0.3, 0.4) is 0 Å². The van der Waals surface area contributed by atoms with Crippen molar-refractivity contribution in [3.63, 3.8) is 0 Å². The monoisotopic (exact) mass is 314 g/mol. The van der Waals surface area contributed by atoms with E-state index in [-0.39, 0.29) is 5.56 Å². The highest BCUT2D eigenvalue weighted by Gasteiger charge is 2.48. The maximum atomic E-state index is 12.6. The first-order chi connectivity index (χ1) is 8.63. The molecule has 7 heteroatoms. The fraction of sp³-hybridized carbons (Fsp3) is 0.500. The second-order valence-electron chi connectivity index (χ2n) is 4.20. The van der Waals surface area contributed by atoms with Crippen LogP contribution in [0.25, 0.3) is 0 Å². The van der Waals surface area contributed by atoms with Crippen molar-refractivity contribution in [1.29, 1.82) is 0 Å². The predicted octanol–water partition coefficient (Wildman–Crippen LogP) is 4.10. The molecule has 0 fully saturated rings. The normalized spacial score (nSPS) is 16.1. The third kappa shape index (κ3) is 3.23. The SMILES string of the molecule is CCC(Cl)C(C)c1ccccc1S(=O)(=O)C(F)(F)F. The Bertz CT molecular complexity index is 540. The van der Waals surface area contributed by atoms with Gasteiger partial charge in [0.05, 0.1) is 4.90 Å². The third-order valence-electron chi connectivity index (χ3n) is 2.94. The third-order valence-corrected chi connectivity index (χ3v) is 5.18. The minimum absolute atomic E-state index is 0.0988. The summed E-state index contributed by atoms with van der Waals surface area (Å²) in [5.74, 6) is -0.486. The molecule has 1 aromatic rings. The summed E-state index contributed by atoms with van der Waals surface area (Å²) in [5.41, 5.74) is -5.21. The Morgan fingerprint density at radius 3 is 2.26 bits per heavy atom. The Balaban J connectivity index is 3.40. The van der Waals surface area contributed by atoms with Crippen molar-refractivity contribution < 1.29 is 21.6 Å². The lowest BCUT2D eigenvalue weighted by Gasteiger charge is -2.20. The first-order valence-electron chi connectivity index (χ1n) is 5.67. The zero-order chi connectivity index (χ0) is 14.8. The topological polar surface area (TPSA) is 34.1 Å². The number of benzene rings is 1. The molecule has 0 N–H and O–H groups in total. The van der Waals surface area contributed by atoms with Gasteiger partial charge in [-0.05, 0) is 24.0 Å². The van der Waals surface area contributed by atoms with E-state index in [1.54, 1.807) is 13.8 Å². The maximum absolute atomic E-state index is 12.6. The van der Waals surface area contributed by atoms with Crippen molar-refractivity contribution in [3.05, 3.63) is 29.8 Å². The van der Waals surface area contributed by atoms with Gasteiger partial charge in [-0.3, -0.25) is 0 Å². The van der Waals surface area contributed by atoms with Crippen molar-refractivity contribution in [2.75, 3.05) is 0 Å². The van der Waals surface area contributed by atoms with Crippen molar-refractivity contribution in [2.24, 2.45) is 0 Å². The number of rotatable bonds is 4. The van der Waals surface area contributed by atoms with Gasteiger partial charge in [0.15, 0.2) is 0 Å². The molecule has 0 aliphatic rings. The van der Waals surface area contributed by atoms with Crippen LogP contribution in [0.5, 0.6) is 0 Å². The van der Waals surface area contributed by atoms with Gasteiger partial charge in [-0.25, -0.2) is 8.42 Å². The van der Waals surface area contributed by atoms with Crippen LogP contribution in [0.2, 0.25) is 0 Å². The lowest BCUT2D eigenvalue weighted by atomic mass is 9.96. The molecule has 108 valence electrons. The summed E-state index contributed by atoms with van der Waals surface area (Å²) in [7, 11) is -5.35. The molecule has 0 saturated heterocycles. The van der Waals surface area contributed by atoms with E-state index in [0.29, 0.717) is 6.42 Å². The minimum Gasteiger partial charge on any atom is -0.214 e. The highest BCUT2D eigenvalue weighted by atomic mass is 35.5. The van der Waals surface area contributed by atoms with Crippen LogP contribution < -0.4 is 0 Å². The predicted molar refractivity (Wildman–Crippen MR) is 68.0 cm³/mol. The van der Waals surface area contributed by atoms with E-state index >= 15 is 0 Å². The van der Waals surface area contributed by atoms with Crippen molar-refractivity contribution in [2.45, 2.75) is 42.0 Å². The van der Waals surface area contributed by atoms with Gasteiger partial charge in [-0.15, -0.1) is 11.6 Å². The van der Waals surface area contributed by atoms with Gasteiger partial charge in [0, 0.05) is 5.38 Å². The Morgan fingerprint density at radius 1 is 1.26 bits per heavy atom. The van der Waals surface area contributed by atoms with E-state index < -0.39 is 31.5 Å². The molecule has 0 spiro atoms. The summed E-state index contributed by atoms with van der Waals surface area (Å²) in [6, 6.07) is 5.10. The molecular weight excluding hydrogens is 301 g/mol. The van der Waals surface area contributed by atoms with Gasteiger partial charge in [-0.2, -0.15) is 13.2 Å². The summed E-state index contributed by atoms with van der Waals surface area (Å²) < 4.78 is 60.9. The Labute approximate surface area is 115 Å². The fourth-order valence-electron chi connectivity index (χ4n) is 1.77. The lowest BCUT2D eigenvalue weighted by molar-refractivity contribution is -0.0436. The lowest BCUT2D eigenvalue weighted by Crippen LogP contribution is -2.25. The number of alkyl halides is 4. The van der Waals surface area contributed by atoms with Crippen LogP contribution in [0.15, 0.2) is 29.2 Å². The zero-order valence-electron chi connectivity index (χ0n) is 10.4. The van der Waals surface area contributed by atoms with Gasteiger partial charge in [0.1, 0.15) is 0 Å². The highest BCUT2D eigenvalue weighted by molar-refractivity contribution is 7.92. The molecule has 0 bridgehead atoms. The fourth-order valence-corrected chi connectivity index (χ4v) is 2.98. The van der Waals surface area contributed by atoms with Crippen LogP contribution in [0, 0.1) is 0 Å². The van der Waals surface area contributed by atoms with Crippen molar-refractivity contribution in [1.82, 2.24) is 0 Å². The van der Waals surface area contributed by atoms with E-state index in [4.69, 9.17) is 11.6 Å². The molecule has 0 heterocycles.